The molecule has 47 heavy (non-hydrogen) atoms. The number of nitrogens with one attached hydrogen (secondary N) is 2. The number of unbranched alkanes of at least 4 members (excludes halogenated alkanes) is 21. The summed E-state index contributed by atoms with van der Waals surface area (Å²) in [6, 6.07) is -1.39. The minimum atomic E-state index is -1.39. The Morgan fingerprint density at radius 2 is 0.957 bits per heavy atom. The summed E-state index contributed by atoms with van der Waals surface area (Å²) in [7, 11) is 0. The molecule has 0 heterocycles. The monoisotopic (exact) mass is 669 g/mol. The fourth-order valence-electron chi connectivity index (χ4n) is 5.83. The van der Waals surface area contributed by atoms with E-state index in [0.717, 1.165) is 57.8 Å². The molecule has 4 N–H and O–H groups in total. The summed E-state index contributed by atoms with van der Waals surface area (Å²) in [5.74, 6) is -2.37. The third kappa shape index (κ3) is 30.9. The summed E-state index contributed by atoms with van der Waals surface area (Å²) in [5, 5.41) is 22.5. The molecule has 0 aliphatic carbocycles. The van der Waals surface area contributed by atoms with Crippen LogP contribution in [0.2, 0.25) is 0 Å². The first-order chi connectivity index (χ1) is 22.8. The van der Waals surface area contributed by atoms with Crippen LogP contribution in [-0.2, 0) is 23.9 Å². The lowest BCUT2D eigenvalue weighted by molar-refractivity contribution is -0.150. The quantitative estimate of drug-likeness (QED) is 0.0392. The van der Waals surface area contributed by atoms with Crippen LogP contribution in [-0.4, -0.2) is 59.3 Å². The highest BCUT2D eigenvalue weighted by Crippen LogP contribution is 2.18. The van der Waals surface area contributed by atoms with Crippen molar-refractivity contribution in [1.82, 2.24) is 10.6 Å². The predicted octanol–water partition coefficient (Wildman–Crippen LogP) is 8.54. The van der Waals surface area contributed by atoms with E-state index in [1.807, 2.05) is 0 Å². The smallest absolute Gasteiger partial charge is 0.328 e. The second-order valence-corrected chi connectivity index (χ2v) is 13.4. The fourth-order valence-corrected chi connectivity index (χ4v) is 5.83. The van der Waals surface area contributed by atoms with Crippen molar-refractivity contribution in [1.29, 1.82) is 0 Å². The molecule has 0 radical (unpaired) electrons. The van der Waals surface area contributed by atoms with Gasteiger partial charge in [-0.1, -0.05) is 142 Å². The first-order valence-electron chi connectivity index (χ1n) is 19.4. The zero-order valence-electron chi connectivity index (χ0n) is 30.3. The zero-order valence-corrected chi connectivity index (χ0v) is 30.3. The first kappa shape index (κ1) is 44.8. The van der Waals surface area contributed by atoms with Gasteiger partial charge >= 0.3 is 11.9 Å². The Morgan fingerprint density at radius 1 is 0.553 bits per heavy atom. The van der Waals surface area contributed by atoms with Crippen LogP contribution in [0.15, 0.2) is 0 Å². The van der Waals surface area contributed by atoms with Crippen molar-refractivity contribution in [3.05, 3.63) is 0 Å². The van der Waals surface area contributed by atoms with Gasteiger partial charge in [0.2, 0.25) is 11.8 Å². The third-order valence-corrected chi connectivity index (χ3v) is 8.85. The predicted molar refractivity (Wildman–Crippen MR) is 190 cm³/mol. The molecular formula is C38H72N2O7. The highest BCUT2D eigenvalue weighted by molar-refractivity contribution is 5.87. The number of hydrogen-bond donors (Lipinski definition) is 4. The largest absolute Gasteiger partial charge is 0.480 e. The number of carboxylic acids is 1. The van der Waals surface area contributed by atoms with Crippen LogP contribution in [0.3, 0.4) is 0 Å². The van der Waals surface area contributed by atoms with Gasteiger partial charge < -0.3 is 25.6 Å². The lowest BCUT2D eigenvalue weighted by atomic mass is 10.0. The van der Waals surface area contributed by atoms with Gasteiger partial charge in [0.1, 0.15) is 12.1 Å². The molecule has 0 rings (SSSR count). The number of aliphatic carboxylic acids is 1. The Bertz CT molecular complexity index is 777. The van der Waals surface area contributed by atoms with Crippen molar-refractivity contribution < 1.29 is 34.1 Å². The molecule has 0 saturated carbocycles. The minimum Gasteiger partial charge on any atom is -0.480 e. The van der Waals surface area contributed by atoms with Gasteiger partial charge in [-0.3, -0.25) is 14.4 Å². The van der Waals surface area contributed by atoms with Gasteiger partial charge in [-0.05, 0) is 38.5 Å². The minimum absolute atomic E-state index is 0.0728. The summed E-state index contributed by atoms with van der Waals surface area (Å²) in [4.78, 5) is 47.3. The highest BCUT2D eigenvalue weighted by Gasteiger charge is 2.19. The van der Waals surface area contributed by atoms with E-state index < -0.39 is 24.5 Å². The average molecular weight is 669 g/mol. The molecule has 0 aromatic rings. The van der Waals surface area contributed by atoms with Crippen LogP contribution in [0.4, 0.5) is 0 Å². The molecule has 0 aromatic heterocycles. The van der Waals surface area contributed by atoms with Crippen molar-refractivity contribution in [3.8, 4) is 0 Å². The van der Waals surface area contributed by atoms with E-state index in [2.05, 4.69) is 24.5 Å². The molecule has 0 fully saturated rings. The molecule has 9 heteroatoms. The molecule has 0 aromatic carbocycles. The third-order valence-electron chi connectivity index (χ3n) is 8.85. The molecule has 2 amide bonds. The Kier molecular flexibility index (Phi) is 32.2. The molecule has 0 saturated heterocycles. The van der Waals surface area contributed by atoms with Crippen LogP contribution in [0.1, 0.15) is 194 Å². The van der Waals surface area contributed by atoms with Gasteiger partial charge in [-0.25, -0.2) is 4.79 Å². The maximum atomic E-state index is 12.6. The van der Waals surface area contributed by atoms with Gasteiger partial charge in [0.05, 0.1) is 13.2 Å². The van der Waals surface area contributed by atoms with E-state index in [9.17, 15) is 19.2 Å². The topological polar surface area (TPSA) is 142 Å². The summed E-state index contributed by atoms with van der Waals surface area (Å²) >= 11 is 0. The van der Waals surface area contributed by atoms with Crippen molar-refractivity contribution in [2.24, 2.45) is 0 Å². The van der Waals surface area contributed by atoms with Gasteiger partial charge in [-0.15, -0.1) is 0 Å². The van der Waals surface area contributed by atoms with Crippen molar-refractivity contribution >= 4 is 23.8 Å². The van der Waals surface area contributed by atoms with E-state index in [1.165, 1.54) is 103 Å². The summed E-state index contributed by atoms with van der Waals surface area (Å²) in [5.41, 5.74) is 0. The molecule has 2 unspecified atom stereocenters. The SMILES string of the molecule is CCCCCCCCCCCCCCCCCCCC(=O)OC(CCCCCC)CCCCCC(=O)NCC(=O)NC(CO)C(=O)O. The number of carbonyl (C=O) groups is 4. The normalized spacial score (nSPS) is 12.4. The van der Waals surface area contributed by atoms with E-state index >= 15 is 0 Å². The number of aliphatic hydroxyl groups excluding tert-OH is 1. The number of ether oxygens (including phenoxy) is 1. The molecular weight excluding hydrogens is 596 g/mol. The number of carbonyl (C=O) groups excluding carboxylic acids is 3. The van der Waals surface area contributed by atoms with Crippen LogP contribution < -0.4 is 10.6 Å². The molecule has 2 atom stereocenters. The van der Waals surface area contributed by atoms with Crippen LogP contribution in [0.5, 0.6) is 0 Å². The summed E-state index contributed by atoms with van der Waals surface area (Å²) in [6.07, 6.45) is 31.6. The van der Waals surface area contributed by atoms with Crippen LogP contribution in [0, 0.1) is 0 Å². The van der Waals surface area contributed by atoms with Crippen molar-refractivity contribution in [2.45, 2.75) is 206 Å². The van der Waals surface area contributed by atoms with Gasteiger partial charge in [0, 0.05) is 12.8 Å². The average Bonchev–Trinajstić information content (AvgIpc) is 3.05. The lowest BCUT2D eigenvalue weighted by Gasteiger charge is -2.18. The fraction of sp³-hybridized carbons (Fsp3) is 0.895. The molecule has 0 aliphatic rings. The lowest BCUT2D eigenvalue weighted by Crippen LogP contribution is -2.47. The molecule has 9 nitrogen and oxygen atoms in total. The Balaban J connectivity index is 3.97. The van der Waals surface area contributed by atoms with Crippen LogP contribution in [0.25, 0.3) is 0 Å². The number of aliphatic hydroxyl groups is 1. The van der Waals surface area contributed by atoms with E-state index in [0.29, 0.717) is 12.8 Å². The zero-order chi connectivity index (χ0) is 34.8. The molecule has 0 aliphatic heterocycles. The number of rotatable bonds is 35. The molecule has 0 bridgehead atoms. The van der Waals surface area contributed by atoms with Gasteiger partial charge in [0.25, 0.3) is 0 Å². The van der Waals surface area contributed by atoms with Gasteiger partial charge in [0.15, 0.2) is 0 Å². The number of amides is 2. The molecule has 0 spiro atoms. The maximum Gasteiger partial charge on any atom is 0.328 e. The van der Waals surface area contributed by atoms with Crippen molar-refractivity contribution in [2.75, 3.05) is 13.2 Å². The summed E-state index contributed by atoms with van der Waals surface area (Å²) in [6.45, 7) is 3.40. The standard InChI is InChI=1S/C38H72N2O7/c1-3-5-7-9-10-11-12-13-14-15-16-17-18-19-20-21-26-30-37(44)47-33(27-23-8-6-4-2)28-24-22-25-29-35(42)39-31-36(43)40-34(32-41)38(45)46/h33-34,41H,3-32H2,1-2H3,(H,39,42)(H,40,43)(H,45,46). The Hall–Kier alpha value is -2.16. The second kappa shape index (κ2) is 33.7. The highest BCUT2D eigenvalue weighted by atomic mass is 16.5. The van der Waals surface area contributed by atoms with Gasteiger partial charge in [-0.2, -0.15) is 0 Å². The number of carboxylic acid groups (broad SMARTS) is 1. The first-order valence-corrected chi connectivity index (χ1v) is 19.4. The van der Waals surface area contributed by atoms with Crippen molar-refractivity contribution in [3.63, 3.8) is 0 Å². The number of hydrogen-bond acceptors (Lipinski definition) is 6. The number of esters is 1. The second-order valence-electron chi connectivity index (χ2n) is 13.4. The summed E-state index contributed by atoms with van der Waals surface area (Å²) < 4.78 is 5.89. The van der Waals surface area contributed by atoms with E-state index in [1.54, 1.807) is 0 Å². The van der Waals surface area contributed by atoms with E-state index in [-0.39, 0.29) is 30.9 Å². The molecule has 276 valence electrons. The Morgan fingerprint density at radius 3 is 1.40 bits per heavy atom. The Labute approximate surface area is 287 Å². The maximum absolute atomic E-state index is 12.6. The van der Waals surface area contributed by atoms with E-state index in [4.69, 9.17) is 14.9 Å². The van der Waals surface area contributed by atoms with Crippen LogP contribution >= 0.6 is 0 Å².